The van der Waals surface area contributed by atoms with Crippen LogP contribution in [-0.2, 0) is 12.1 Å². The molecule has 0 atom stereocenters. The minimum absolute atomic E-state index is 0.0162. The smallest absolute Gasteiger partial charge is 0.440 e. The first-order valence-electron chi connectivity index (χ1n) is 14.6. The van der Waals surface area contributed by atoms with Crippen LogP contribution in [0.15, 0.2) is 95.4 Å². The van der Waals surface area contributed by atoms with E-state index in [1.807, 2.05) is 56.3 Å². The molecule has 3 aromatic carbocycles. The average molecular weight is 592 g/mol. The van der Waals surface area contributed by atoms with Gasteiger partial charge in [-0.05, 0) is 75.2 Å². The highest BCUT2D eigenvalue weighted by Crippen LogP contribution is 2.29. The number of furan rings is 1. The average Bonchev–Trinajstić information content (AvgIpc) is 3.77. The number of rotatable bonds is 8. The maximum Gasteiger partial charge on any atom is 0.440 e. The lowest BCUT2D eigenvalue weighted by Crippen LogP contribution is -2.40. The summed E-state index contributed by atoms with van der Waals surface area (Å²) in [5.41, 5.74) is 1.97. The van der Waals surface area contributed by atoms with Crippen LogP contribution in [0.2, 0.25) is 0 Å². The second-order valence-corrected chi connectivity index (χ2v) is 11.3. The number of para-hydroxylation sites is 1. The van der Waals surface area contributed by atoms with E-state index >= 15 is 0 Å². The molecule has 0 saturated carbocycles. The molecule has 44 heavy (non-hydrogen) atoms. The standard InChI is InChI=1S/C34H33N5O5/c1-34(2,25-11-5-3-6-12-25)36-32(41)28-21-27-29(44-28)30(37-39(27)33(42)43-26-13-7-4-8-14-26)35-31(40)24-17-15-23(16-18-24)22-38-19-9-10-20-38/h3-8,11-18,21H,9-10,19-20,22H2,1-2H3,(H,36,41)(H,35,37,40). The summed E-state index contributed by atoms with van der Waals surface area (Å²) >= 11 is 0. The molecule has 0 aliphatic carbocycles. The minimum Gasteiger partial charge on any atom is -0.445 e. The number of ether oxygens (including phenoxy) is 1. The van der Waals surface area contributed by atoms with Crippen molar-refractivity contribution >= 4 is 34.8 Å². The monoisotopic (exact) mass is 591 g/mol. The van der Waals surface area contributed by atoms with E-state index in [0.717, 1.165) is 35.4 Å². The maximum absolute atomic E-state index is 13.3. The number of anilines is 1. The van der Waals surface area contributed by atoms with Crippen molar-refractivity contribution in [2.24, 2.45) is 0 Å². The van der Waals surface area contributed by atoms with Crippen LogP contribution in [-0.4, -0.2) is 45.7 Å². The fourth-order valence-corrected chi connectivity index (χ4v) is 5.29. The predicted octanol–water partition coefficient (Wildman–Crippen LogP) is 6.19. The second-order valence-electron chi connectivity index (χ2n) is 11.3. The van der Waals surface area contributed by atoms with Crippen LogP contribution in [0.4, 0.5) is 10.6 Å². The predicted molar refractivity (Wildman–Crippen MR) is 166 cm³/mol. The van der Waals surface area contributed by atoms with E-state index in [-0.39, 0.29) is 22.7 Å². The highest BCUT2D eigenvalue weighted by atomic mass is 16.6. The van der Waals surface area contributed by atoms with Gasteiger partial charge in [0.2, 0.25) is 0 Å². The van der Waals surface area contributed by atoms with Crippen LogP contribution in [0.3, 0.4) is 0 Å². The highest BCUT2D eigenvalue weighted by Gasteiger charge is 2.29. The molecule has 0 radical (unpaired) electrons. The van der Waals surface area contributed by atoms with Crippen molar-refractivity contribution in [2.45, 2.75) is 38.8 Å². The fraction of sp³-hybridized carbons (Fsp3) is 0.235. The first kappa shape index (κ1) is 28.9. The van der Waals surface area contributed by atoms with Crippen molar-refractivity contribution in [2.75, 3.05) is 18.4 Å². The van der Waals surface area contributed by atoms with Gasteiger partial charge in [0.05, 0.1) is 5.54 Å². The second kappa shape index (κ2) is 12.2. The van der Waals surface area contributed by atoms with Crippen molar-refractivity contribution in [3.05, 3.63) is 113 Å². The third-order valence-electron chi connectivity index (χ3n) is 7.68. The summed E-state index contributed by atoms with van der Waals surface area (Å²) in [5, 5.41) is 10.0. The van der Waals surface area contributed by atoms with Crippen molar-refractivity contribution < 1.29 is 23.5 Å². The molecule has 6 rings (SSSR count). The molecule has 1 fully saturated rings. The van der Waals surface area contributed by atoms with Crippen molar-refractivity contribution in [1.82, 2.24) is 20.0 Å². The summed E-state index contributed by atoms with van der Waals surface area (Å²) in [6.45, 7) is 6.77. The van der Waals surface area contributed by atoms with Gasteiger partial charge >= 0.3 is 6.09 Å². The number of carbonyl (C=O) groups excluding carboxylic acids is 3. The number of likely N-dealkylation sites (tertiary alicyclic amines) is 1. The molecule has 0 unspecified atom stereocenters. The highest BCUT2D eigenvalue weighted by molar-refractivity contribution is 6.08. The Morgan fingerprint density at radius 1 is 0.886 bits per heavy atom. The molecule has 2 amide bonds. The largest absolute Gasteiger partial charge is 0.445 e. The lowest BCUT2D eigenvalue weighted by atomic mass is 9.94. The summed E-state index contributed by atoms with van der Waals surface area (Å²) in [6, 6.07) is 26.9. The van der Waals surface area contributed by atoms with E-state index in [4.69, 9.17) is 9.15 Å². The molecule has 1 aliphatic rings. The SMILES string of the molecule is CC(C)(NC(=O)c1cc2c(o1)c(NC(=O)c1ccc(CN3CCCC3)cc1)nn2C(=O)Oc1ccccc1)c1ccccc1. The normalized spacial score (nSPS) is 13.6. The van der Waals surface area contributed by atoms with Gasteiger partial charge in [0, 0.05) is 18.2 Å². The van der Waals surface area contributed by atoms with Gasteiger partial charge in [0.15, 0.2) is 17.2 Å². The zero-order chi connectivity index (χ0) is 30.7. The van der Waals surface area contributed by atoms with Crippen molar-refractivity contribution in [3.63, 3.8) is 0 Å². The van der Waals surface area contributed by atoms with Gasteiger partial charge in [0.1, 0.15) is 11.3 Å². The molecular weight excluding hydrogens is 558 g/mol. The molecule has 1 saturated heterocycles. The van der Waals surface area contributed by atoms with E-state index < -0.39 is 23.4 Å². The molecule has 10 nitrogen and oxygen atoms in total. The van der Waals surface area contributed by atoms with E-state index in [9.17, 15) is 14.4 Å². The van der Waals surface area contributed by atoms with E-state index in [2.05, 4.69) is 20.6 Å². The fourth-order valence-electron chi connectivity index (χ4n) is 5.29. The summed E-state index contributed by atoms with van der Waals surface area (Å²) in [4.78, 5) is 42.2. The van der Waals surface area contributed by atoms with Gasteiger partial charge in [-0.15, -0.1) is 5.10 Å². The Bertz CT molecular complexity index is 1790. The van der Waals surface area contributed by atoms with Crippen LogP contribution in [0.25, 0.3) is 11.1 Å². The van der Waals surface area contributed by atoms with E-state index in [1.54, 1.807) is 42.5 Å². The third kappa shape index (κ3) is 6.25. The number of nitrogens with zero attached hydrogens (tertiary/aromatic N) is 3. The number of carbonyl (C=O) groups is 3. The molecule has 3 heterocycles. The molecule has 1 aliphatic heterocycles. The molecule has 0 bridgehead atoms. The first-order valence-corrected chi connectivity index (χ1v) is 14.6. The number of hydrogen-bond donors (Lipinski definition) is 2. The lowest BCUT2D eigenvalue weighted by Gasteiger charge is -2.26. The zero-order valence-electron chi connectivity index (χ0n) is 24.6. The van der Waals surface area contributed by atoms with Gasteiger partial charge in [-0.2, -0.15) is 4.68 Å². The Labute approximate surface area is 254 Å². The van der Waals surface area contributed by atoms with Crippen LogP contribution < -0.4 is 15.4 Å². The van der Waals surface area contributed by atoms with Gasteiger partial charge < -0.3 is 19.8 Å². The molecule has 0 spiro atoms. The molecule has 5 aromatic rings. The van der Waals surface area contributed by atoms with Crippen molar-refractivity contribution in [3.8, 4) is 5.75 Å². The summed E-state index contributed by atoms with van der Waals surface area (Å²) in [7, 11) is 0. The van der Waals surface area contributed by atoms with Gasteiger partial charge in [-0.1, -0.05) is 60.7 Å². The lowest BCUT2D eigenvalue weighted by molar-refractivity contribution is 0.0885. The Morgan fingerprint density at radius 3 is 2.23 bits per heavy atom. The van der Waals surface area contributed by atoms with Crippen LogP contribution in [0.5, 0.6) is 5.75 Å². The van der Waals surface area contributed by atoms with Gasteiger partial charge in [-0.25, -0.2) is 4.79 Å². The minimum atomic E-state index is -0.828. The van der Waals surface area contributed by atoms with Crippen LogP contribution in [0.1, 0.15) is 58.7 Å². The number of amides is 2. The van der Waals surface area contributed by atoms with Gasteiger partial charge in [0.25, 0.3) is 11.8 Å². The Balaban J connectivity index is 1.27. The number of hydrogen-bond acceptors (Lipinski definition) is 7. The van der Waals surface area contributed by atoms with Gasteiger partial charge in [-0.3, -0.25) is 14.5 Å². The summed E-state index contributed by atoms with van der Waals surface area (Å²) < 4.78 is 12.4. The van der Waals surface area contributed by atoms with E-state index in [1.165, 1.54) is 18.9 Å². The quantitative estimate of drug-likeness (QED) is 0.221. The maximum atomic E-state index is 13.3. The number of benzene rings is 3. The Morgan fingerprint density at radius 2 is 1.55 bits per heavy atom. The summed E-state index contributed by atoms with van der Waals surface area (Å²) in [5.74, 6) is -0.689. The molecule has 224 valence electrons. The molecule has 10 heteroatoms. The number of aromatic nitrogens is 2. The zero-order valence-corrected chi connectivity index (χ0v) is 24.6. The van der Waals surface area contributed by atoms with Crippen LogP contribution in [0, 0.1) is 0 Å². The number of nitrogens with one attached hydrogen (secondary N) is 2. The van der Waals surface area contributed by atoms with E-state index in [0.29, 0.717) is 11.3 Å². The van der Waals surface area contributed by atoms with Crippen LogP contribution >= 0.6 is 0 Å². The Kier molecular flexibility index (Phi) is 7.99. The molecular formula is C34H33N5O5. The topological polar surface area (TPSA) is 119 Å². The molecule has 2 aromatic heterocycles. The molecule has 2 N–H and O–H groups in total. The third-order valence-corrected chi connectivity index (χ3v) is 7.68. The van der Waals surface area contributed by atoms with Crippen molar-refractivity contribution in [1.29, 1.82) is 0 Å². The Hall–Kier alpha value is -5.22. The first-order chi connectivity index (χ1) is 21.3. The summed E-state index contributed by atoms with van der Waals surface area (Å²) in [6.07, 6.45) is 1.59. The number of fused-ring (bicyclic) bond motifs is 1.